The second-order valence-corrected chi connectivity index (χ2v) is 16.2. The zero-order valence-electron chi connectivity index (χ0n) is 22.8. The Labute approximate surface area is 238 Å². The molecule has 5 nitrogen and oxygen atoms in total. The molecule has 7 heteroatoms. The first-order valence-corrected chi connectivity index (χ1v) is 13.9. The average Bonchev–Trinajstić information content (AvgIpc) is 2.59. The van der Waals surface area contributed by atoms with Crippen LogP contribution in [0.1, 0.15) is 87.3 Å². The lowest BCUT2D eigenvalue weighted by molar-refractivity contribution is 0.0951. The maximum absolute atomic E-state index is 11.7. The third kappa shape index (κ3) is 9.80. The van der Waals surface area contributed by atoms with Crippen LogP contribution in [0.5, 0.6) is 23.0 Å². The molecule has 0 fully saturated rings. The van der Waals surface area contributed by atoms with Gasteiger partial charge in [-0.2, -0.15) is 0 Å². The summed E-state index contributed by atoms with van der Waals surface area (Å²) in [5.74, 6) is 2.42. The van der Waals surface area contributed by atoms with E-state index in [1.54, 1.807) is 0 Å². The first-order chi connectivity index (χ1) is 15.6. The number of aliphatic hydroxyl groups is 1. The number of halogens is 2. The second kappa shape index (κ2) is 10.4. The normalized spacial score (nSPS) is 14.8. The van der Waals surface area contributed by atoms with E-state index in [1.165, 1.54) is 0 Å². The molecule has 0 saturated carbocycles. The quantitative estimate of drug-likeness (QED) is 0.231. The first-order valence-electron chi connectivity index (χ1n) is 11.7. The molecule has 0 bridgehead atoms. The van der Waals surface area contributed by atoms with Crippen LogP contribution in [0.4, 0.5) is 0 Å². The van der Waals surface area contributed by atoms with Crippen LogP contribution >= 0.6 is 45.2 Å². The molecule has 2 rings (SSSR count). The molecule has 0 saturated heterocycles. The molecule has 35 heavy (non-hydrogen) atoms. The molecular weight excluding hydrogens is 670 g/mol. The molecule has 0 spiro atoms. The largest absolute Gasteiger partial charge is 0.484 e. The van der Waals surface area contributed by atoms with Gasteiger partial charge in [-0.3, -0.25) is 0 Å². The molecule has 2 aromatic rings. The number of hydrogen-bond donors (Lipinski definition) is 1. The van der Waals surface area contributed by atoms with E-state index < -0.39 is 18.4 Å². The lowest BCUT2D eigenvalue weighted by Crippen LogP contribution is -2.27. The zero-order valence-corrected chi connectivity index (χ0v) is 27.1. The number of hydrogen-bond acceptors (Lipinski definition) is 5. The Kier molecular flexibility index (Phi) is 9.03. The van der Waals surface area contributed by atoms with Crippen LogP contribution in [0.25, 0.3) is 0 Å². The fourth-order valence-corrected chi connectivity index (χ4v) is 4.08. The van der Waals surface area contributed by atoms with Gasteiger partial charge in [-0.1, -0.05) is 12.1 Å². The number of ether oxygens (including phenoxy) is 4. The van der Waals surface area contributed by atoms with Crippen molar-refractivity contribution in [1.29, 1.82) is 0 Å². The van der Waals surface area contributed by atoms with Crippen LogP contribution in [0, 0.1) is 0 Å². The molecule has 0 heterocycles. The van der Waals surface area contributed by atoms with Gasteiger partial charge in [0.1, 0.15) is 16.8 Å². The minimum atomic E-state index is -1.35. The van der Waals surface area contributed by atoms with Crippen LogP contribution in [-0.2, 0) is 3.61 Å². The van der Waals surface area contributed by atoms with Gasteiger partial charge in [0.2, 0.25) is 0 Å². The van der Waals surface area contributed by atoms with E-state index in [2.05, 4.69) is 45.2 Å². The van der Waals surface area contributed by atoms with Gasteiger partial charge in [-0.05, 0) is 146 Å². The third-order valence-electron chi connectivity index (χ3n) is 4.25. The third-order valence-corrected chi connectivity index (χ3v) is 5.72. The Morgan fingerprint density at radius 1 is 0.514 bits per heavy atom. The van der Waals surface area contributed by atoms with Gasteiger partial charge >= 0.3 is 0 Å². The molecule has 0 radical (unpaired) electrons. The summed E-state index contributed by atoms with van der Waals surface area (Å²) >= 11 is 4.29. The lowest BCUT2D eigenvalue weighted by atomic mass is 10.00. The van der Waals surface area contributed by atoms with Crippen molar-refractivity contribution in [3.8, 4) is 23.0 Å². The summed E-state index contributed by atoms with van der Waals surface area (Å²) in [6, 6.07) is 11.1. The van der Waals surface area contributed by atoms with E-state index in [4.69, 9.17) is 18.9 Å². The van der Waals surface area contributed by atoms with Gasteiger partial charge in [0.15, 0.2) is 30.2 Å². The molecule has 1 unspecified atom stereocenters. The predicted molar refractivity (Wildman–Crippen MR) is 160 cm³/mol. The van der Waals surface area contributed by atoms with Crippen LogP contribution in [0.2, 0.25) is 0 Å². The molecular formula is C28H40I2O5. The van der Waals surface area contributed by atoms with Gasteiger partial charge in [0, 0.05) is 11.1 Å². The summed E-state index contributed by atoms with van der Waals surface area (Å²) in [7, 11) is 0. The van der Waals surface area contributed by atoms with Crippen molar-refractivity contribution in [3.63, 3.8) is 0 Å². The SMILES string of the molecule is CC(C)(C)Oc1ccc(C(O)(I)c2ccc(OC(C)(C)C)c(OC(C)(C)I)c2)cc1OC(C)(C)C. The summed E-state index contributed by atoms with van der Waals surface area (Å²) in [5, 5.41) is 11.7. The fourth-order valence-electron chi connectivity index (χ4n) is 3.17. The van der Waals surface area contributed by atoms with Crippen molar-refractivity contribution in [1.82, 2.24) is 0 Å². The number of benzene rings is 2. The summed E-state index contributed by atoms with van der Waals surface area (Å²) in [5.41, 5.74) is 0.123. The van der Waals surface area contributed by atoms with Crippen LogP contribution in [0.3, 0.4) is 0 Å². The van der Waals surface area contributed by atoms with Crippen LogP contribution in [-0.4, -0.2) is 25.5 Å². The molecule has 0 aliphatic heterocycles. The Bertz CT molecular complexity index is 938. The van der Waals surface area contributed by atoms with Crippen molar-refractivity contribution < 1.29 is 24.1 Å². The van der Waals surface area contributed by atoms with Gasteiger partial charge in [0.25, 0.3) is 0 Å². The average molecular weight is 710 g/mol. The topological polar surface area (TPSA) is 57.2 Å². The number of rotatable bonds is 7. The van der Waals surface area contributed by atoms with E-state index in [1.807, 2.05) is 113 Å². The van der Waals surface area contributed by atoms with E-state index in [0.717, 1.165) is 0 Å². The highest BCUT2D eigenvalue weighted by Crippen LogP contribution is 2.45. The van der Waals surface area contributed by atoms with Gasteiger partial charge in [0.05, 0.1) is 0 Å². The predicted octanol–water partition coefficient (Wildman–Crippen LogP) is 8.40. The Balaban J connectivity index is 2.59. The van der Waals surface area contributed by atoms with Crippen molar-refractivity contribution in [2.24, 2.45) is 0 Å². The van der Waals surface area contributed by atoms with Crippen molar-refractivity contribution in [2.75, 3.05) is 0 Å². The van der Waals surface area contributed by atoms with Crippen LogP contribution in [0.15, 0.2) is 36.4 Å². The standard InChI is InChI=1S/C28H40I2O5/c1-24(2,3)32-20-14-12-18(16-22(20)34-26(7,8)9)28(30,31)19-13-15-21(33-25(4,5)6)23(17-19)35-27(10,11)29/h12-17,31H,1-11H3. The first kappa shape index (κ1) is 30.3. The monoisotopic (exact) mass is 710 g/mol. The minimum Gasteiger partial charge on any atom is -0.484 e. The van der Waals surface area contributed by atoms with Crippen molar-refractivity contribution in [2.45, 2.75) is 100 Å². The highest BCUT2D eigenvalue weighted by atomic mass is 127. The van der Waals surface area contributed by atoms with Crippen molar-refractivity contribution >= 4 is 45.2 Å². The maximum atomic E-state index is 11.7. The van der Waals surface area contributed by atoms with E-state index in [9.17, 15) is 5.11 Å². The Morgan fingerprint density at radius 2 is 0.829 bits per heavy atom. The Hall–Kier alpha value is -0.940. The molecule has 0 amide bonds. The highest BCUT2D eigenvalue weighted by Gasteiger charge is 2.32. The van der Waals surface area contributed by atoms with Gasteiger partial charge in [-0.15, -0.1) is 0 Å². The molecule has 0 aromatic heterocycles. The molecule has 0 aliphatic rings. The van der Waals surface area contributed by atoms with Gasteiger partial charge in [-0.25, -0.2) is 0 Å². The van der Waals surface area contributed by atoms with E-state index in [-0.39, 0.29) is 5.60 Å². The zero-order chi connectivity index (χ0) is 27.0. The molecule has 1 atom stereocenters. The maximum Gasteiger partial charge on any atom is 0.166 e. The number of alkyl halides is 2. The second-order valence-electron chi connectivity index (χ2n) is 12.1. The Morgan fingerprint density at radius 3 is 1.14 bits per heavy atom. The summed E-state index contributed by atoms with van der Waals surface area (Å²) < 4.78 is 22.9. The summed E-state index contributed by atoms with van der Waals surface area (Å²) in [4.78, 5) is 0. The fraction of sp³-hybridized carbons (Fsp3) is 0.571. The van der Waals surface area contributed by atoms with E-state index in [0.29, 0.717) is 34.1 Å². The molecule has 2 aromatic carbocycles. The van der Waals surface area contributed by atoms with Gasteiger partial charge < -0.3 is 24.1 Å². The van der Waals surface area contributed by atoms with Crippen molar-refractivity contribution in [3.05, 3.63) is 47.5 Å². The molecule has 0 aliphatic carbocycles. The smallest absolute Gasteiger partial charge is 0.166 e. The highest BCUT2D eigenvalue weighted by molar-refractivity contribution is 14.1. The minimum absolute atomic E-state index is 0.389. The molecule has 1 N–H and O–H groups in total. The van der Waals surface area contributed by atoms with E-state index >= 15 is 0 Å². The molecule has 196 valence electrons. The van der Waals surface area contributed by atoms with Crippen LogP contribution < -0.4 is 18.9 Å². The summed E-state index contributed by atoms with van der Waals surface area (Å²) in [6.07, 6.45) is 0. The lowest BCUT2D eigenvalue weighted by Gasteiger charge is -2.30. The summed E-state index contributed by atoms with van der Waals surface area (Å²) in [6.45, 7) is 21.9.